The number of aromatic nitrogens is 2. The Balaban J connectivity index is 1.78. The molecule has 0 bridgehead atoms. The molecule has 4 aromatic rings. The first-order chi connectivity index (χ1) is 13.3. The van der Waals surface area contributed by atoms with E-state index in [1.54, 1.807) is 0 Å². The average Bonchev–Trinajstić information content (AvgIpc) is 3.27. The number of amides is 1. The van der Waals surface area contributed by atoms with Crippen LogP contribution in [0.1, 0.15) is 34.4 Å². The number of anilines is 2. The van der Waals surface area contributed by atoms with Crippen molar-refractivity contribution in [1.29, 1.82) is 0 Å². The molecule has 3 aromatic heterocycles. The second-order valence-corrected chi connectivity index (χ2v) is 9.72. The van der Waals surface area contributed by atoms with E-state index in [1.807, 2.05) is 42.5 Å². The zero-order chi connectivity index (χ0) is 19.9. The average molecular weight is 439 g/mol. The summed E-state index contributed by atoms with van der Waals surface area (Å²) in [6.07, 6.45) is 1.45. The standard InChI is InChI=1S/C21H20N4O2Se/c1-21(2,3)16-10-14(17(28-16)18(22)26)25-19-13-9-15(12-7-5-4-6-8-12)27-20(13)24-11-23-19/h4-11H,1-3H3,(H2,22,26)(H,23,24,25). The Bertz CT molecular complexity index is 1160. The Morgan fingerprint density at radius 2 is 1.89 bits per heavy atom. The molecule has 0 radical (unpaired) electrons. The van der Waals surface area contributed by atoms with Crippen LogP contribution in [0, 0.1) is 0 Å². The number of hydrogen-bond acceptors (Lipinski definition) is 5. The molecule has 3 heterocycles. The number of furan rings is 1. The van der Waals surface area contributed by atoms with Crippen molar-refractivity contribution in [2.75, 3.05) is 5.32 Å². The fraction of sp³-hybridized carbons (Fsp3) is 0.190. The van der Waals surface area contributed by atoms with Crippen molar-refractivity contribution in [2.24, 2.45) is 5.73 Å². The quantitative estimate of drug-likeness (QED) is 0.467. The summed E-state index contributed by atoms with van der Waals surface area (Å²) >= 11 is -0.107. The van der Waals surface area contributed by atoms with E-state index in [0.717, 1.165) is 10.9 Å². The molecule has 1 aromatic carbocycles. The third-order valence-corrected chi connectivity index (χ3v) is 7.64. The van der Waals surface area contributed by atoms with Crippen LogP contribution >= 0.6 is 0 Å². The molecule has 0 saturated heterocycles. The Labute approximate surface area is 168 Å². The van der Waals surface area contributed by atoms with E-state index in [2.05, 4.69) is 36.1 Å². The first-order valence-corrected chi connectivity index (χ1v) is 10.6. The van der Waals surface area contributed by atoms with Crippen molar-refractivity contribution in [3.63, 3.8) is 0 Å². The minimum atomic E-state index is -0.402. The van der Waals surface area contributed by atoms with Gasteiger partial charge in [-0.05, 0) is 0 Å². The Kier molecular flexibility index (Phi) is 4.57. The van der Waals surface area contributed by atoms with Gasteiger partial charge in [-0.1, -0.05) is 0 Å². The van der Waals surface area contributed by atoms with Crippen LogP contribution in [0.25, 0.3) is 22.4 Å². The molecular formula is C21H20N4O2Se. The molecule has 0 spiro atoms. The summed E-state index contributed by atoms with van der Waals surface area (Å²) < 4.78 is 7.73. The number of benzene rings is 1. The summed E-state index contributed by atoms with van der Waals surface area (Å²) in [6.45, 7) is 6.40. The van der Waals surface area contributed by atoms with Crippen molar-refractivity contribution in [3.05, 3.63) is 57.7 Å². The van der Waals surface area contributed by atoms with Gasteiger partial charge in [0.25, 0.3) is 0 Å². The second kappa shape index (κ2) is 6.93. The van der Waals surface area contributed by atoms with Crippen molar-refractivity contribution >= 4 is 43.0 Å². The van der Waals surface area contributed by atoms with Crippen LogP contribution < -0.4 is 11.1 Å². The Morgan fingerprint density at radius 3 is 2.57 bits per heavy atom. The monoisotopic (exact) mass is 440 g/mol. The zero-order valence-electron chi connectivity index (χ0n) is 15.8. The van der Waals surface area contributed by atoms with Crippen LogP contribution in [0.5, 0.6) is 0 Å². The van der Waals surface area contributed by atoms with E-state index < -0.39 is 5.91 Å². The molecule has 0 unspecified atom stereocenters. The number of hydrogen-bond donors (Lipinski definition) is 2. The summed E-state index contributed by atoms with van der Waals surface area (Å²) in [4.78, 5) is 20.6. The van der Waals surface area contributed by atoms with Crippen molar-refractivity contribution < 1.29 is 9.21 Å². The maximum absolute atomic E-state index is 12.0. The second-order valence-electron chi connectivity index (χ2n) is 7.51. The fourth-order valence-electron chi connectivity index (χ4n) is 2.86. The van der Waals surface area contributed by atoms with E-state index in [9.17, 15) is 4.79 Å². The van der Waals surface area contributed by atoms with E-state index in [1.165, 1.54) is 10.8 Å². The third-order valence-electron chi connectivity index (χ3n) is 4.34. The van der Waals surface area contributed by atoms with Gasteiger partial charge in [-0.2, -0.15) is 0 Å². The van der Waals surface area contributed by atoms with Crippen LogP contribution in [-0.4, -0.2) is 30.4 Å². The normalized spacial score (nSPS) is 11.7. The molecule has 28 heavy (non-hydrogen) atoms. The topological polar surface area (TPSA) is 94.0 Å². The van der Waals surface area contributed by atoms with Crippen molar-refractivity contribution in [2.45, 2.75) is 26.2 Å². The summed E-state index contributed by atoms with van der Waals surface area (Å²) in [5.74, 6) is 0.900. The van der Waals surface area contributed by atoms with Gasteiger partial charge in [0.2, 0.25) is 0 Å². The number of nitrogens with zero attached hydrogens (tertiary/aromatic N) is 2. The number of nitrogens with one attached hydrogen (secondary N) is 1. The van der Waals surface area contributed by atoms with Gasteiger partial charge in [-0.15, -0.1) is 0 Å². The minimum absolute atomic E-state index is 0.0265. The third kappa shape index (κ3) is 3.46. The number of rotatable bonds is 4. The fourth-order valence-corrected chi connectivity index (χ4v) is 5.01. The van der Waals surface area contributed by atoms with Gasteiger partial charge >= 0.3 is 168 Å². The molecule has 0 aliphatic carbocycles. The summed E-state index contributed by atoms with van der Waals surface area (Å²) in [5.41, 5.74) is 7.76. The van der Waals surface area contributed by atoms with Gasteiger partial charge in [0.15, 0.2) is 0 Å². The van der Waals surface area contributed by atoms with E-state index >= 15 is 0 Å². The molecule has 3 N–H and O–H groups in total. The van der Waals surface area contributed by atoms with Crippen LogP contribution in [-0.2, 0) is 5.41 Å². The first kappa shape index (κ1) is 18.5. The molecule has 142 valence electrons. The van der Waals surface area contributed by atoms with E-state index in [-0.39, 0.29) is 19.9 Å². The molecule has 0 aliphatic heterocycles. The molecule has 6 nitrogen and oxygen atoms in total. The van der Waals surface area contributed by atoms with Crippen LogP contribution in [0.3, 0.4) is 0 Å². The number of primary amides is 1. The molecule has 0 atom stereocenters. The predicted octanol–water partition coefficient (Wildman–Crippen LogP) is 4.09. The first-order valence-electron chi connectivity index (χ1n) is 8.84. The Morgan fingerprint density at radius 1 is 1.14 bits per heavy atom. The van der Waals surface area contributed by atoms with E-state index in [0.29, 0.717) is 27.4 Å². The van der Waals surface area contributed by atoms with Crippen LogP contribution in [0.4, 0.5) is 11.5 Å². The number of nitrogens with two attached hydrogens (primary N) is 1. The maximum atomic E-state index is 12.0. The molecule has 0 saturated carbocycles. The van der Waals surface area contributed by atoms with Gasteiger partial charge in [-0.3, -0.25) is 0 Å². The molecule has 0 fully saturated rings. The number of carbonyl (C=O) groups is 1. The summed E-state index contributed by atoms with van der Waals surface area (Å²) in [6, 6.07) is 13.7. The molecular weight excluding hydrogens is 419 g/mol. The van der Waals surface area contributed by atoms with Crippen LogP contribution in [0.2, 0.25) is 0 Å². The van der Waals surface area contributed by atoms with E-state index in [4.69, 9.17) is 10.2 Å². The van der Waals surface area contributed by atoms with Gasteiger partial charge in [0, 0.05) is 0 Å². The van der Waals surface area contributed by atoms with Gasteiger partial charge in [0.1, 0.15) is 0 Å². The zero-order valence-corrected chi connectivity index (χ0v) is 17.5. The van der Waals surface area contributed by atoms with Gasteiger partial charge < -0.3 is 0 Å². The number of carbonyl (C=O) groups excluding carboxylic acids is 1. The van der Waals surface area contributed by atoms with Gasteiger partial charge in [-0.25, -0.2) is 0 Å². The van der Waals surface area contributed by atoms with Crippen molar-refractivity contribution in [3.8, 4) is 11.3 Å². The molecule has 0 aliphatic rings. The van der Waals surface area contributed by atoms with Gasteiger partial charge in [0.05, 0.1) is 0 Å². The Hall–Kier alpha value is -2.89. The van der Waals surface area contributed by atoms with Crippen LogP contribution in [0.15, 0.2) is 53.2 Å². The summed E-state index contributed by atoms with van der Waals surface area (Å²) in [7, 11) is 0. The molecule has 4 rings (SSSR count). The summed E-state index contributed by atoms with van der Waals surface area (Å²) in [5, 5.41) is 4.04. The SMILES string of the molecule is CC(C)(C)c1cc(Nc2ncnc3oc(-c4ccccc4)cc23)c(C(N)=O)[se]1. The predicted molar refractivity (Wildman–Crippen MR) is 111 cm³/mol. The van der Waals surface area contributed by atoms with Crippen molar-refractivity contribution in [1.82, 2.24) is 9.97 Å². The molecule has 7 heteroatoms. The number of fused-ring (bicyclic) bond motifs is 1. The molecule has 1 amide bonds.